The molecule has 1 aromatic rings. The van der Waals surface area contributed by atoms with Crippen LogP contribution in [-0.4, -0.2) is 36.3 Å². The molecule has 0 radical (unpaired) electrons. The lowest BCUT2D eigenvalue weighted by molar-refractivity contribution is 0.0418. The van der Waals surface area contributed by atoms with Gasteiger partial charge in [0.1, 0.15) is 11.6 Å². The van der Waals surface area contributed by atoms with E-state index in [0.717, 1.165) is 12.1 Å². The molecule has 7 heteroatoms. The summed E-state index contributed by atoms with van der Waals surface area (Å²) in [7, 11) is 0. The van der Waals surface area contributed by atoms with Crippen LogP contribution in [0.1, 0.15) is 39.2 Å². The molecular weight excluding hydrogens is 427 g/mol. The maximum absolute atomic E-state index is 13.6. The SMILES string of the molecule is CCNC(=NCC(O)(CC)CC)NCCc1cc(F)ccc1F.I. The Morgan fingerprint density at radius 1 is 1.17 bits per heavy atom. The van der Waals surface area contributed by atoms with Crippen molar-refractivity contribution in [2.24, 2.45) is 4.99 Å². The monoisotopic (exact) mass is 455 g/mol. The Kier molecular flexibility index (Phi) is 11.1. The molecule has 0 bridgehead atoms. The molecule has 0 unspecified atom stereocenters. The average Bonchev–Trinajstić information content (AvgIpc) is 2.55. The lowest BCUT2D eigenvalue weighted by atomic mass is 9.98. The lowest BCUT2D eigenvalue weighted by Crippen LogP contribution is -2.40. The Labute approximate surface area is 160 Å². The summed E-state index contributed by atoms with van der Waals surface area (Å²) >= 11 is 0. The van der Waals surface area contributed by atoms with Crippen LogP contribution in [0.15, 0.2) is 23.2 Å². The molecular formula is C17H28F2IN3O. The van der Waals surface area contributed by atoms with Crippen molar-refractivity contribution in [2.75, 3.05) is 19.6 Å². The van der Waals surface area contributed by atoms with Crippen molar-refractivity contribution in [3.8, 4) is 0 Å². The molecule has 0 aliphatic carbocycles. The summed E-state index contributed by atoms with van der Waals surface area (Å²) in [4.78, 5) is 4.37. The van der Waals surface area contributed by atoms with Gasteiger partial charge >= 0.3 is 0 Å². The summed E-state index contributed by atoms with van der Waals surface area (Å²) in [6.45, 7) is 7.18. The van der Waals surface area contributed by atoms with Crippen LogP contribution < -0.4 is 10.6 Å². The molecule has 1 rings (SSSR count). The maximum Gasteiger partial charge on any atom is 0.191 e. The molecule has 3 N–H and O–H groups in total. The highest BCUT2D eigenvalue weighted by molar-refractivity contribution is 14.0. The zero-order valence-electron chi connectivity index (χ0n) is 14.5. The first-order chi connectivity index (χ1) is 10.9. The van der Waals surface area contributed by atoms with Crippen molar-refractivity contribution < 1.29 is 13.9 Å². The smallest absolute Gasteiger partial charge is 0.191 e. The van der Waals surface area contributed by atoms with Gasteiger partial charge in [0.2, 0.25) is 0 Å². The van der Waals surface area contributed by atoms with Crippen molar-refractivity contribution in [3.63, 3.8) is 0 Å². The third kappa shape index (κ3) is 7.74. The van der Waals surface area contributed by atoms with E-state index in [1.165, 1.54) is 6.07 Å². The third-order valence-electron chi connectivity index (χ3n) is 3.89. The number of hydrogen-bond acceptors (Lipinski definition) is 2. The van der Waals surface area contributed by atoms with Gasteiger partial charge in [-0.25, -0.2) is 8.78 Å². The highest BCUT2D eigenvalue weighted by atomic mass is 127. The Bertz CT molecular complexity index is 523. The van der Waals surface area contributed by atoms with E-state index < -0.39 is 17.2 Å². The van der Waals surface area contributed by atoms with Crippen molar-refractivity contribution in [3.05, 3.63) is 35.4 Å². The summed E-state index contributed by atoms with van der Waals surface area (Å²) in [6, 6.07) is 3.44. The van der Waals surface area contributed by atoms with Gasteiger partial charge in [0.05, 0.1) is 12.1 Å². The first-order valence-corrected chi connectivity index (χ1v) is 8.12. The molecule has 0 atom stereocenters. The second-order valence-electron chi connectivity index (χ2n) is 5.54. The zero-order valence-corrected chi connectivity index (χ0v) is 16.9. The molecule has 1 aromatic carbocycles. The van der Waals surface area contributed by atoms with Gasteiger partial charge in [-0.05, 0) is 49.9 Å². The molecule has 0 aromatic heterocycles. The van der Waals surface area contributed by atoms with Crippen LogP contribution in [0.25, 0.3) is 0 Å². The first kappa shape index (κ1) is 23.0. The average molecular weight is 455 g/mol. The number of guanidine groups is 1. The van der Waals surface area contributed by atoms with Crippen molar-refractivity contribution >= 4 is 29.9 Å². The number of benzene rings is 1. The molecule has 0 fully saturated rings. The molecule has 0 spiro atoms. The van der Waals surface area contributed by atoms with Crippen LogP contribution in [0.5, 0.6) is 0 Å². The molecule has 0 aliphatic heterocycles. The number of rotatable bonds is 8. The van der Waals surface area contributed by atoms with Gasteiger partial charge in [-0.3, -0.25) is 4.99 Å². The topological polar surface area (TPSA) is 56.7 Å². The minimum atomic E-state index is -0.809. The predicted molar refractivity (Wildman–Crippen MR) is 105 cm³/mol. The fourth-order valence-corrected chi connectivity index (χ4v) is 2.09. The van der Waals surface area contributed by atoms with E-state index in [-0.39, 0.29) is 24.0 Å². The van der Waals surface area contributed by atoms with Crippen LogP contribution in [0.4, 0.5) is 8.78 Å². The van der Waals surface area contributed by atoms with Gasteiger partial charge in [-0.2, -0.15) is 0 Å². The van der Waals surface area contributed by atoms with Crippen LogP contribution in [0.2, 0.25) is 0 Å². The quantitative estimate of drug-likeness (QED) is 0.321. The Morgan fingerprint density at radius 2 is 1.83 bits per heavy atom. The van der Waals surface area contributed by atoms with E-state index >= 15 is 0 Å². The molecule has 0 amide bonds. The summed E-state index contributed by atoms with van der Waals surface area (Å²) < 4.78 is 26.7. The van der Waals surface area contributed by atoms with Gasteiger partial charge in [0.15, 0.2) is 5.96 Å². The fraction of sp³-hybridized carbons (Fsp3) is 0.588. The van der Waals surface area contributed by atoms with E-state index in [1.54, 1.807) is 0 Å². The molecule has 0 aliphatic rings. The number of aliphatic hydroxyl groups is 1. The first-order valence-electron chi connectivity index (χ1n) is 8.12. The van der Waals surface area contributed by atoms with Gasteiger partial charge in [0.25, 0.3) is 0 Å². The number of nitrogens with zero attached hydrogens (tertiary/aromatic N) is 1. The number of hydrogen-bond donors (Lipinski definition) is 3. The Hall–Kier alpha value is -0.960. The minimum absolute atomic E-state index is 0. The van der Waals surface area contributed by atoms with E-state index in [1.807, 2.05) is 20.8 Å². The van der Waals surface area contributed by atoms with E-state index in [2.05, 4.69) is 15.6 Å². The van der Waals surface area contributed by atoms with Crippen LogP contribution >= 0.6 is 24.0 Å². The van der Waals surface area contributed by atoms with Gasteiger partial charge in [-0.15, -0.1) is 24.0 Å². The van der Waals surface area contributed by atoms with E-state index in [0.29, 0.717) is 50.4 Å². The Morgan fingerprint density at radius 3 is 2.42 bits per heavy atom. The highest BCUT2D eigenvalue weighted by Crippen LogP contribution is 2.14. The largest absolute Gasteiger partial charge is 0.388 e. The normalized spacial score (nSPS) is 11.8. The van der Waals surface area contributed by atoms with Crippen molar-refractivity contribution in [1.82, 2.24) is 10.6 Å². The highest BCUT2D eigenvalue weighted by Gasteiger charge is 2.21. The molecule has 0 saturated heterocycles. The second kappa shape index (κ2) is 11.6. The number of aliphatic imine (C=N–C) groups is 1. The number of halogens is 3. The zero-order chi connectivity index (χ0) is 17.3. The van der Waals surface area contributed by atoms with Crippen molar-refractivity contribution in [2.45, 2.75) is 45.6 Å². The molecule has 0 saturated carbocycles. The molecule has 0 heterocycles. The summed E-state index contributed by atoms with van der Waals surface area (Å²) in [5.41, 5.74) is -0.483. The predicted octanol–water partition coefficient (Wildman–Crippen LogP) is 3.23. The molecule has 24 heavy (non-hydrogen) atoms. The van der Waals surface area contributed by atoms with Crippen LogP contribution in [0, 0.1) is 11.6 Å². The number of nitrogens with one attached hydrogen (secondary N) is 2. The van der Waals surface area contributed by atoms with Crippen molar-refractivity contribution in [1.29, 1.82) is 0 Å². The molecule has 4 nitrogen and oxygen atoms in total. The van der Waals surface area contributed by atoms with Crippen LogP contribution in [0.3, 0.4) is 0 Å². The molecule has 138 valence electrons. The van der Waals surface area contributed by atoms with Gasteiger partial charge < -0.3 is 15.7 Å². The maximum atomic E-state index is 13.6. The van der Waals surface area contributed by atoms with E-state index in [9.17, 15) is 13.9 Å². The van der Waals surface area contributed by atoms with Gasteiger partial charge in [0, 0.05) is 13.1 Å². The third-order valence-corrected chi connectivity index (χ3v) is 3.89. The van der Waals surface area contributed by atoms with Gasteiger partial charge in [-0.1, -0.05) is 13.8 Å². The van der Waals surface area contributed by atoms with E-state index in [4.69, 9.17) is 0 Å². The van der Waals surface area contributed by atoms with Crippen LogP contribution in [-0.2, 0) is 6.42 Å². The standard InChI is InChI=1S/C17H27F2N3O.HI/c1-4-17(23,5-2)12-22-16(20-6-3)21-10-9-13-11-14(18)7-8-15(13)19;/h7-8,11,23H,4-6,9-10,12H2,1-3H3,(H2,20,21,22);1H. The fourth-order valence-electron chi connectivity index (χ4n) is 2.09. The minimum Gasteiger partial charge on any atom is -0.388 e. The lowest BCUT2D eigenvalue weighted by Gasteiger charge is -2.23. The summed E-state index contributed by atoms with van der Waals surface area (Å²) in [6.07, 6.45) is 1.60. The second-order valence-corrected chi connectivity index (χ2v) is 5.54. The summed E-state index contributed by atoms with van der Waals surface area (Å²) in [5, 5.41) is 16.4. The Balaban J connectivity index is 0.00000529. The summed E-state index contributed by atoms with van der Waals surface area (Å²) in [5.74, 6) is -0.302.